The van der Waals surface area contributed by atoms with Gasteiger partial charge in [-0.1, -0.05) is 24.3 Å². The molecule has 0 radical (unpaired) electrons. The molecule has 0 bridgehead atoms. The number of benzene rings is 3. The maximum Gasteiger partial charge on any atom is 0.262 e. The molecule has 1 heterocycles. The fourth-order valence-electron chi connectivity index (χ4n) is 3.60. The third-order valence-electron chi connectivity index (χ3n) is 5.49. The number of rotatable bonds is 5. The fourth-order valence-corrected chi connectivity index (χ4v) is 3.60. The molecule has 1 aromatic heterocycles. The average molecular weight is 415 g/mol. The summed E-state index contributed by atoms with van der Waals surface area (Å²) >= 11 is 0. The van der Waals surface area contributed by atoms with Gasteiger partial charge in [0.15, 0.2) is 12.2 Å². The molecule has 158 valence electrons. The van der Waals surface area contributed by atoms with Crippen LogP contribution < -0.4 is 10.1 Å². The number of hydrogen-bond donors (Lipinski definition) is 1. The van der Waals surface area contributed by atoms with Crippen LogP contribution in [0, 0.1) is 34.6 Å². The lowest BCUT2D eigenvalue weighted by Crippen LogP contribution is -2.21. The van der Waals surface area contributed by atoms with Crippen LogP contribution in [0.2, 0.25) is 0 Å². The number of hydrogen-bond acceptors (Lipinski definition) is 4. The molecule has 4 aromatic rings. The Hall–Kier alpha value is -3.60. The van der Waals surface area contributed by atoms with Crippen LogP contribution in [-0.4, -0.2) is 17.5 Å². The molecule has 0 atom stereocenters. The van der Waals surface area contributed by atoms with Gasteiger partial charge in [-0.05, 0) is 86.7 Å². The average Bonchev–Trinajstić information content (AvgIpc) is 3.15. The molecule has 0 fully saturated rings. The van der Waals surface area contributed by atoms with E-state index in [4.69, 9.17) is 9.15 Å². The number of aromatic nitrogens is 1. The molecule has 1 amide bonds. The van der Waals surface area contributed by atoms with E-state index in [1.165, 1.54) is 0 Å². The standard InChI is InChI=1S/C26H26N2O3/c1-15-11-18(4)25-22(12-15)28-26(31-25)20-10-9-17(3)21(13-20)27-24(29)14-30-23-8-6-7-16(2)19(23)5/h6-13H,14H2,1-5H3,(H,27,29). The van der Waals surface area contributed by atoms with Crippen molar-refractivity contribution in [3.63, 3.8) is 0 Å². The van der Waals surface area contributed by atoms with Crippen molar-refractivity contribution in [1.82, 2.24) is 4.98 Å². The minimum Gasteiger partial charge on any atom is -0.483 e. The van der Waals surface area contributed by atoms with Crippen LogP contribution in [0.15, 0.2) is 52.9 Å². The summed E-state index contributed by atoms with van der Waals surface area (Å²) < 4.78 is 11.7. The van der Waals surface area contributed by atoms with Gasteiger partial charge >= 0.3 is 0 Å². The first-order valence-electron chi connectivity index (χ1n) is 10.3. The van der Waals surface area contributed by atoms with E-state index in [0.29, 0.717) is 11.6 Å². The summed E-state index contributed by atoms with van der Waals surface area (Å²) in [7, 11) is 0. The highest BCUT2D eigenvalue weighted by atomic mass is 16.5. The maximum absolute atomic E-state index is 12.5. The first kappa shape index (κ1) is 20.7. The van der Waals surface area contributed by atoms with E-state index in [0.717, 1.165) is 50.2 Å². The molecule has 0 aliphatic heterocycles. The summed E-state index contributed by atoms with van der Waals surface area (Å²) in [5, 5.41) is 2.95. The monoisotopic (exact) mass is 414 g/mol. The van der Waals surface area contributed by atoms with Gasteiger partial charge in [0.1, 0.15) is 11.3 Å². The molecule has 1 N–H and O–H groups in total. The minimum absolute atomic E-state index is 0.0602. The van der Waals surface area contributed by atoms with Crippen LogP contribution in [-0.2, 0) is 4.79 Å². The van der Waals surface area contributed by atoms with Crippen LogP contribution in [0.3, 0.4) is 0 Å². The lowest BCUT2D eigenvalue weighted by molar-refractivity contribution is -0.118. The van der Waals surface area contributed by atoms with Crippen LogP contribution in [0.25, 0.3) is 22.6 Å². The number of fused-ring (bicyclic) bond motifs is 1. The highest BCUT2D eigenvalue weighted by molar-refractivity contribution is 5.93. The smallest absolute Gasteiger partial charge is 0.262 e. The number of carbonyl (C=O) groups is 1. The second-order valence-corrected chi connectivity index (χ2v) is 8.01. The number of nitrogens with one attached hydrogen (secondary N) is 1. The molecule has 0 saturated heterocycles. The Morgan fingerprint density at radius 2 is 1.77 bits per heavy atom. The van der Waals surface area contributed by atoms with Crippen molar-refractivity contribution in [2.45, 2.75) is 34.6 Å². The third kappa shape index (κ3) is 4.31. The lowest BCUT2D eigenvalue weighted by atomic mass is 10.1. The Morgan fingerprint density at radius 1 is 0.968 bits per heavy atom. The molecular formula is C26H26N2O3. The second-order valence-electron chi connectivity index (χ2n) is 8.01. The third-order valence-corrected chi connectivity index (χ3v) is 5.49. The molecule has 0 unspecified atom stereocenters. The highest BCUT2D eigenvalue weighted by Crippen LogP contribution is 2.30. The molecule has 3 aromatic carbocycles. The molecule has 5 nitrogen and oxygen atoms in total. The van der Waals surface area contributed by atoms with Gasteiger partial charge in [-0.2, -0.15) is 0 Å². The van der Waals surface area contributed by atoms with E-state index in [2.05, 4.69) is 16.4 Å². The van der Waals surface area contributed by atoms with Gasteiger partial charge in [0.2, 0.25) is 5.89 Å². The number of oxazole rings is 1. The molecule has 31 heavy (non-hydrogen) atoms. The van der Waals surface area contributed by atoms with Crippen molar-refractivity contribution < 1.29 is 13.9 Å². The number of aryl methyl sites for hydroxylation is 4. The van der Waals surface area contributed by atoms with Crippen molar-refractivity contribution in [1.29, 1.82) is 0 Å². The number of ether oxygens (including phenoxy) is 1. The van der Waals surface area contributed by atoms with Gasteiger partial charge in [-0.25, -0.2) is 4.98 Å². The predicted octanol–water partition coefficient (Wildman–Crippen LogP) is 6.05. The van der Waals surface area contributed by atoms with Crippen molar-refractivity contribution in [3.05, 3.63) is 76.3 Å². The van der Waals surface area contributed by atoms with E-state index in [-0.39, 0.29) is 12.5 Å². The first-order valence-corrected chi connectivity index (χ1v) is 10.3. The zero-order valence-corrected chi connectivity index (χ0v) is 18.5. The number of carbonyl (C=O) groups excluding carboxylic acids is 1. The number of nitrogens with zero attached hydrogens (tertiary/aromatic N) is 1. The second kappa shape index (κ2) is 8.26. The fraction of sp³-hybridized carbons (Fsp3) is 0.231. The van der Waals surface area contributed by atoms with Crippen molar-refractivity contribution >= 4 is 22.7 Å². The summed E-state index contributed by atoms with van der Waals surface area (Å²) in [6, 6.07) is 15.7. The minimum atomic E-state index is -0.217. The van der Waals surface area contributed by atoms with E-state index in [1.54, 1.807) is 0 Å². The highest BCUT2D eigenvalue weighted by Gasteiger charge is 2.14. The first-order chi connectivity index (χ1) is 14.8. The summed E-state index contributed by atoms with van der Waals surface area (Å²) in [6.45, 7) is 9.95. The van der Waals surface area contributed by atoms with Crippen LogP contribution >= 0.6 is 0 Å². The summed E-state index contributed by atoms with van der Waals surface area (Å²) in [6.07, 6.45) is 0. The van der Waals surface area contributed by atoms with Crippen LogP contribution in [0.1, 0.15) is 27.8 Å². The quantitative estimate of drug-likeness (QED) is 0.431. The van der Waals surface area contributed by atoms with E-state index < -0.39 is 0 Å². The van der Waals surface area contributed by atoms with Crippen LogP contribution in [0.5, 0.6) is 5.75 Å². The van der Waals surface area contributed by atoms with Gasteiger partial charge < -0.3 is 14.5 Å². The SMILES string of the molecule is Cc1cc(C)c2oc(-c3ccc(C)c(NC(=O)COc4cccc(C)c4C)c3)nc2c1. The van der Waals surface area contributed by atoms with Crippen LogP contribution in [0.4, 0.5) is 5.69 Å². The Morgan fingerprint density at radius 3 is 2.58 bits per heavy atom. The van der Waals surface area contributed by atoms with Gasteiger partial charge in [-0.15, -0.1) is 0 Å². The maximum atomic E-state index is 12.5. The zero-order chi connectivity index (χ0) is 22.1. The van der Waals surface area contributed by atoms with Gasteiger partial charge in [0.25, 0.3) is 5.91 Å². The Labute approximate surface area is 182 Å². The van der Waals surface area contributed by atoms with Gasteiger partial charge in [0.05, 0.1) is 0 Å². The Kier molecular flexibility index (Phi) is 5.51. The summed E-state index contributed by atoms with van der Waals surface area (Å²) in [5.74, 6) is 1.04. The predicted molar refractivity (Wildman–Crippen MR) is 124 cm³/mol. The van der Waals surface area contributed by atoms with E-state index in [9.17, 15) is 4.79 Å². The van der Waals surface area contributed by atoms with E-state index in [1.807, 2.05) is 77.1 Å². The van der Waals surface area contributed by atoms with E-state index >= 15 is 0 Å². The Balaban J connectivity index is 1.53. The molecule has 0 aliphatic rings. The number of anilines is 1. The Bertz CT molecular complexity index is 1290. The molecule has 0 saturated carbocycles. The van der Waals surface area contributed by atoms with Crippen molar-refractivity contribution in [2.24, 2.45) is 0 Å². The van der Waals surface area contributed by atoms with Gasteiger partial charge in [-0.3, -0.25) is 4.79 Å². The van der Waals surface area contributed by atoms with Gasteiger partial charge in [0, 0.05) is 11.3 Å². The lowest BCUT2D eigenvalue weighted by Gasteiger charge is -2.12. The molecule has 0 aliphatic carbocycles. The van der Waals surface area contributed by atoms with Crippen molar-refractivity contribution in [3.8, 4) is 17.2 Å². The van der Waals surface area contributed by atoms with Crippen molar-refractivity contribution in [2.75, 3.05) is 11.9 Å². The zero-order valence-electron chi connectivity index (χ0n) is 18.5. The largest absolute Gasteiger partial charge is 0.483 e. The summed E-state index contributed by atoms with van der Waals surface area (Å²) in [4.78, 5) is 17.2. The molecular weight excluding hydrogens is 388 g/mol. The normalized spacial score (nSPS) is 11.0. The molecule has 5 heteroatoms. The molecule has 0 spiro atoms. The number of amides is 1. The topological polar surface area (TPSA) is 64.4 Å². The summed E-state index contributed by atoms with van der Waals surface area (Å²) in [5.41, 5.74) is 8.46. The molecule has 4 rings (SSSR count).